The predicted octanol–water partition coefficient (Wildman–Crippen LogP) is 3.88. The first-order valence-electron chi connectivity index (χ1n) is 10.4. The van der Waals surface area contributed by atoms with E-state index in [9.17, 15) is 9.59 Å². The number of rotatable bonds is 8. The molecule has 0 bridgehead atoms. The fourth-order valence-corrected chi connectivity index (χ4v) is 3.78. The van der Waals surface area contributed by atoms with Gasteiger partial charge < -0.3 is 10.6 Å². The molecule has 4 rings (SSSR count). The number of hydrogen-bond acceptors (Lipinski definition) is 2. The Morgan fingerprint density at radius 1 is 0.800 bits per heavy atom. The van der Waals surface area contributed by atoms with Gasteiger partial charge in [0.05, 0.1) is 0 Å². The van der Waals surface area contributed by atoms with Crippen LogP contribution in [0.25, 0.3) is 0 Å². The average Bonchev–Trinajstić information content (AvgIpc) is 3.60. The molecule has 1 saturated carbocycles. The molecule has 0 saturated heterocycles. The highest BCUT2D eigenvalue weighted by Gasteiger charge is 2.44. The van der Waals surface area contributed by atoms with Gasteiger partial charge in [-0.25, -0.2) is 0 Å². The topological polar surface area (TPSA) is 58.2 Å². The Morgan fingerprint density at radius 2 is 1.37 bits per heavy atom. The maximum Gasteiger partial charge on any atom is 0.251 e. The summed E-state index contributed by atoms with van der Waals surface area (Å²) >= 11 is 0. The number of amides is 2. The third-order valence-corrected chi connectivity index (χ3v) is 5.78. The lowest BCUT2D eigenvalue weighted by Crippen LogP contribution is -2.49. The first kappa shape index (κ1) is 19.9. The Morgan fingerprint density at radius 3 is 1.97 bits per heavy atom. The van der Waals surface area contributed by atoms with Crippen LogP contribution in [0.2, 0.25) is 0 Å². The van der Waals surface area contributed by atoms with Crippen LogP contribution in [0.15, 0.2) is 91.0 Å². The lowest BCUT2D eigenvalue weighted by molar-refractivity contribution is -0.123. The molecule has 2 N–H and O–H groups in total. The maximum absolute atomic E-state index is 13.1. The first-order chi connectivity index (χ1) is 14.7. The molecule has 1 atom stereocenters. The Kier molecular flexibility index (Phi) is 5.94. The predicted molar refractivity (Wildman–Crippen MR) is 118 cm³/mol. The smallest absolute Gasteiger partial charge is 0.251 e. The van der Waals surface area contributed by atoms with Gasteiger partial charge in [-0.1, -0.05) is 78.9 Å². The number of carbonyl (C=O) groups excluding carboxylic acids is 2. The molecule has 0 unspecified atom stereocenters. The van der Waals surface area contributed by atoms with Crippen LogP contribution < -0.4 is 10.6 Å². The summed E-state index contributed by atoms with van der Waals surface area (Å²) in [5.41, 5.74) is 2.84. The van der Waals surface area contributed by atoms with Gasteiger partial charge in [-0.3, -0.25) is 9.59 Å². The van der Waals surface area contributed by atoms with E-state index in [-0.39, 0.29) is 17.2 Å². The van der Waals surface area contributed by atoms with Crippen LogP contribution in [-0.2, 0) is 16.6 Å². The fourth-order valence-electron chi connectivity index (χ4n) is 3.78. The van der Waals surface area contributed by atoms with E-state index in [0.29, 0.717) is 18.5 Å². The normalized spacial score (nSPS) is 15.1. The molecule has 3 aromatic carbocycles. The highest BCUT2D eigenvalue weighted by Crippen LogP contribution is 2.47. The average molecular weight is 399 g/mol. The van der Waals surface area contributed by atoms with Gasteiger partial charge in [0, 0.05) is 23.9 Å². The molecule has 1 fully saturated rings. The van der Waals surface area contributed by atoms with E-state index in [0.717, 1.165) is 18.4 Å². The molecule has 30 heavy (non-hydrogen) atoms. The van der Waals surface area contributed by atoms with Gasteiger partial charge in [0.15, 0.2) is 0 Å². The molecule has 0 aliphatic heterocycles. The zero-order valence-electron chi connectivity index (χ0n) is 16.9. The zero-order valence-corrected chi connectivity index (χ0v) is 16.9. The molecule has 0 aromatic heterocycles. The molecule has 4 nitrogen and oxygen atoms in total. The number of carbonyl (C=O) groups is 2. The van der Waals surface area contributed by atoms with Crippen LogP contribution in [0.5, 0.6) is 0 Å². The summed E-state index contributed by atoms with van der Waals surface area (Å²) in [5, 5.41) is 6.03. The molecule has 1 aliphatic carbocycles. The van der Waals surface area contributed by atoms with Gasteiger partial charge in [0.1, 0.15) is 6.04 Å². The van der Waals surface area contributed by atoms with Crippen LogP contribution in [0.1, 0.15) is 34.3 Å². The monoisotopic (exact) mass is 398 g/mol. The molecular weight excluding hydrogens is 372 g/mol. The van der Waals surface area contributed by atoms with Crippen molar-refractivity contribution >= 4 is 11.8 Å². The van der Waals surface area contributed by atoms with E-state index < -0.39 is 6.04 Å². The quantitative estimate of drug-likeness (QED) is 0.605. The van der Waals surface area contributed by atoms with Crippen LogP contribution >= 0.6 is 0 Å². The summed E-state index contributed by atoms with van der Waals surface area (Å²) in [6.45, 7) is 0.586. The van der Waals surface area contributed by atoms with Crippen molar-refractivity contribution in [1.29, 1.82) is 0 Å². The molecule has 4 heteroatoms. The molecule has 0 radical (unpaired) electrons. The Balaban J connectivity index is 1.46. The second-order valence-corrected chi connectivity index (χ2v) is 7.95. The van der Waals surface area contributed by atoms with E-state index in [1.54, 1.807) is 12.1 Å². The largest absolute Gasteiger partial charge is 0.353 e. The van der Waals surface area contributed by atoms with Crippen molar-refractivity contribution in [2.24, 2.45) is 0 Å². The third kappa shape index (κ3) is 4.77. The molecule has 0 spiro atoms. The van der Waals surface area contributed by atoms with E-state index in [1.807, 2.05) is 66.7 Å². The molecule has 0 heterocycles. The summed E-state index contributed by atoms with van der Waals surface area (Å²) in [5.74, 6) is -0.388. The van der Waals surface area contributed by atoms with E-state index in [4.69, 9.17) is 0 Å². The first-order valence-corrected chi connectivity index (χ1v) is 10.4. The van der Waals surface area contributed by atoms with Crippen molar-refractivity contribution in [2.45, 2.75) is 30.7 Å². The van der Waals surface area contributed by atoms with Crippen molar-refractivity contribution in [3.63, 3.8) is 0 Å². The Labute approximate surface area is 177 Å². The second-order valence-electron chi connectivity index (χ2n) is 7.95. The molecule has 152 valence electrons. The molecule has 2 amide bonds. The lowest BCUT2D eigenvalue weighted by atomic mass is 9.95. The van der Waals surface area contributed by atoms with E-state index in [2.05, 4.69) is 22.8 Å². The fraction of sp³-hybridized carbons (Fsp3) is 0.231. The highest BCUT2D eigenvalue weighted by molar-refractivity contribution is 5.97. The number of nitrogens with one attached hydrogen (secondary N) is 2. The summed E-state index contributed by atoms with van der Waals surface area (Å²) in [7, 11) is 0. The highest BCUT2D eigenvalue weighted by atomic mass is 16.2. The third-order valence-electron chi connectivity index (χ3n) is 5.78. The van der Waals surface area contributed by atoms with Crippen LogP contribution in [-0.4, -0.2) is 24.4 Å². The Bertz CT molecular complexity index is 983. The minimum absolute atomic E-state index is 0.0255. The van der Waals surface area contributed by atoms with Gasteiger partial charge in [-0.05, 0) is 36.1 Å². The maximum atomic E-state index is 13.1. The van der Waals surface area contributed by atoms with Gasteiger partial charge in [-0.15, -0.1) is 0 Å². The van der Waals surface area contributed by atoms with Crippen molar-refractivity contribution in [1.82, 2.24) is 10.6 Å². The molecular formula is C26H26N2O2. The molecule has 3 aromatic rings. The summed E-state index contributed by atoms with van der Waals surface area (Å²) in [4.78, 5) is 25.8. The van der Waals surface area contributed by atoms with Crippen molar-refractivity contribution in [3.8, 4) is 0 Å². The summed E-state index contributed by atoms with van der Waals surface area (Å²) in [6.07, 6.45) is 2.58. The summed E-state index contributed by atoms with van der Waals surface area (Å²) in [6, 6.07) is 28.5. The lowest BCUT2D eigenvalue weighted by Gasteiger charge is -2.22. The van der Waals surface area contributed by atoms with Gasteiger partial charge >= 0.3 is 0 Å². The van der Waals surface area contributed by atoms with Gasteiger partial charge in [0.2, 0.25) is 5.91 Å². The van der Waals surface area contributed by atoms with E-state index in [1.165, 1.54) is 5.56 Å². The van der Waals surface area contributed by atoms with Crippen molar-refractivity contribution in [2.75, 3.05) is 6.54 Å². The van der Waals surface area contributed by atoms with Gasteiger partial charge in [0.25, 0.3) is 5.91 Å². The van der Waals surface area contributed by atoms with Crippen LogP contribution in [0, 0.1) is 0 Å². The van der Waals surface area contributed by atoms with Crippen LogP contribution in [0.4, 0.5) is 0 Å². The standard InChI is InChI=1S/C26H26N2O2/c29-24(21-12-6-2-7-13-21)28-23(18-20-10-4-1-5-11-20)25(30)27-19-26(16-17-26)22-14-8-3-9-15-22/h1-15,23H,16-19H2,(H,27,30)(H,28,29)/t23-/m0/s1. The number of hydrogen-bond donors (Lipinski definition) is 2. The minimum Gasteiger partial charge on any atom is -0.353 e. The SMILES string of the molecule is O=C(N[C@@H](Cc1ccccc1)C(=O)NCC1(c2ccccc2)CC1)c1ccccc1. The zero-order chi connectivity index (χ0) is 20.8. The molecule has 1 aliphatic rings. The minimum atomic E-state index is -0.633. The van der Waals surface area contributed by atoms with Gasteiger partial charge in [-0.2, -0.15) is 0 Å². The van der Waals surface area contributed by atoms with Crippen molar-refractivity contribution in [3.05, 3.63) is 108 Å². The van der Waals surface area contributed by atoms with E-state index >= 15 is 0 Å². The second kappa shape index (κ2) is 8.95. The summed E-state index contributed by atoms with van der Waals surface area (Å²) < 4.78 is 0. The Hall–Kier alpha value is -3.40. The van der Waals surface area contributed by atoms with Crippen molar-refractivity contribution < 1.29 is 9.59 Å². The van der Waals surface area contributed by atoms with Crippen LogP contribution in [0.3, 0.4) is 0 Å². The number of benzene rings is 3.